The number of amides is 2. The van der Waals surface area contributed by atoms with Crippen molar-refractivity contribution in [1.82, 2.24) is 5.32 Å². The SMILES string of the molecule is CC(=O)Nc1cccc(C(C)NC(=O)Cc2cccc(Cl)c2)c1. The van der Waals surface area contributed by atoms with Gasteiger partial charge in [-0.25, -0.2) is 0 Å². The van der Waals surface area contributed by atoms with Gasteiger partial charge in [0, 0.05) is 17.6 Å². The van der Waals surface area contributed by atoms with Gasteiger partial charge in [-0.3, -0.25) is 9.59 Å². The highest BCUT2D eigenvalue weighted by Gasteiger charge is 2.11. The minimum absolute atomic E-state index is 0.0790. The zero-order valence-electron chi connectivity index (χ0n) is 13.1. The molecule has 0 fully saturated rings. The second-order valence-electron chi connectivity index (χ2n) is 5.40. The van der Waals surface area contributed by atoms with Crippen molar-refractivity contribution in [1.29, 1.82) is 0 Å². The molecule has 0 bridgehead atoms. The van der Waals surface area contributed by atoms with Gasteiger partial charge in [-0.1, -0.05) is 35.9 Å². The number of nitrogens with one attached hydrogen (secondary N) is 2. The Kier molecular flexibility index (Phi) is 5.77. The molecule has 0 aliphatic rings. The van der Waals surface area contributed by atoms with Crippen LogP contribution >= 0.6 is 11.6 Å². The molecule has 1 atom stereocenters. The van der Waals surface area contributed by atoms with Gasteiger partial charge in [0.25, 0.3) is 0 Å². The van der Waals surface area contributed by atoms with Crippen molar-refractivity contribution in [3.63, 3.8) is 0 Å². The van der Waals surface area contributed by atoms with E-state index in [1.807, 2.05) is 43.3 Å². The summed E-state index contributed by atoms with van der Waals surface area (Å²) in [5.74, 6) is -0.204. The fourth-order valence-electron chi connectivity index (χ4n) is 2.30. The average molecular weight is 331 g/mol. The lowest BCUT2D eigenvalue weighted by atomic mass is 10.1. The van der Waals surface area contributed by atoms with Crippen LogP contribution in [-0.4, -0.2) is 11.8 Å². The lowest BCUT2D eigenvalue weighted by Crippen LogP contribution is -2.28. The molecule has 2 amide bonds. The minimum Gasteiger partial charge on any atom is -0.349 e. The van der Waals surface area contributed by atoms with Crippen LogP contribution in [0.2, 0.25) is 5.02 Å². The van der Waals surface area contributed by atoms with E-state index >= 15 is 0 Å². The molecule has 0 radical (unpaired) electrons. The van der Waals surface area contributed by atoms with Gasteiger partial charge in [0.2, 0.25) is 11.8 Å². The Labute approximate surface area is 140 Å². The summed E-state index contributed by atoms with van der Waals surface area (Å²) in [6.45, 7) is 3.37. The second kappa shape index (κ2) is 7.79. The Morgan fingerprint density at radius 1 is 1.13 bits per heavy atom. The number of hydrogen-bond acceptors (Lipinski definition) is 2. The molecule has 0 heterocycles. The predicted molar refractivity (Wildman–Crippen MR) is 92.5 cm³/mol. The fraction of sp³-hybridized carbons (Fsp3) is 0.222. The highest BCUT2D eigenvalue weighted by atomic mass is 35.5. The van der Waals surface area contributed by atoms with E-state index in [-0.39, 0.29) is 24.3 Å². The molecule has 120 valence electrons. The predicted octanol–water partition coefficient (Wildman–Crippen LogP) is 3.72. The largest absolute Gasteiger partial charge is 0.349 e. The van der Waals surface area contributed by atoms with Gasteiger partial charge in [-0.2, -0.15) is 0 Å². The van der Waals surface area contributed by atoms with Crippen LogP contribution in [0.3, 0.4) is 0 Å². The number of benzene rings is 2. The highest BCUT2D eigenvalue weighted by molar-refractivity contribution is 6.30. The van der Waals surface area contributed by atoms with Crippen LogP contribution in [0.1, 0.15) is 31.0 Å². The van der Waals surface area contributed by atoms with Gasteiger partial charge in [-0.05, 0) is 42.3 Å². The molecule has 2 rings (SSSR count). The van der Waals surface area contributed by atoms with Crippen molar-refractivity contribution >= 4 is 29.1 Å². The van der Waals surface area contributed by atoms with E-state index in [0.29, 0.717) is 10.7 Å². The maximum atomic E-state index is 12.1. The Balaban J connectivity index is 1.99. The molecular weight excluding hydrogens is 312 g/mol. The van der Waals surface area contributed by atoms with Crippen molar-refractivity contribution in [3.8, 4) is 0 Å². The molecule has 0 saturated carbocycles. The van der Waals surface area contributed by atoms with Crippen molar-refractivity contribution in [2.75, 3.05) is 5.32 Å². The van der Waals surface area contributed by atoms with Crippen molar-refractivity contribution < 1.29 is 9.59 Å². The van der Waals surface area contributed by atoms with Gasteiger partial charge in [-0.15, -0.1) is 0 Å². The monoisotopic (exact) mass is 330 g/mol. The zero-order chi connectivity index (χ0) is 16.8. The third-order valence-corrected chi connectivity index (χ3v) is 3.57. The van der Waals surface area contributed by atoms with E-state index in [4.69, 9.17) is 11.6 Å². The molecule has 0 aliphatic carbocycles. The second-order valence-corrected chi connectivity index (χ2v) is 5.84. The maximum Gasteiger partial charge on any atom is 0.224 e. The number of halogens is 1. The molecule has 23 heavy (non-hydrogen) atoms. The number of carbonyl (C=O) groups is 2. The first kappa shape index (κ1) is 17.0. The first-order valence-electron chi connectivity index (χ1n) is 7.35. The van der Waals surface area contributed by atoms with Crippen LogP contribution in [-0.2, 0) is 16.0 Å². The molecule has 0 saturated heterocycles. The molecule has 5 heteroatoms. The quantitative estimate of drug-likeness (QED) is 0.877. The smallest absolute Gasteiger partial charge is 0.224 e. The Morgan fingerprint density at radius 3 is 2.57 bits per heavy atom. The molecule has 0 aromatic heterocycles. The number of carbonyl (C=O) groups excluding carboxylic acids is 2. The van der Waals surface area contributed by atoms with Crippen LogP contribution < -0.4 is 10.6 Å². The lowest BCUT2D eigenvalue weighted by molar-refractivity contribution is -0.121. The van der Waals surface area contributed by atoms with E-state index in [9.17, 15) is 9.59 Å². The normalized spacial score (nSPS) is 11.6. The van der Waals surface area contributed by atoms with Crippen LogP contribution in [0.25, 0.3) is 0 Å². The number of rotatable bonds is 5. The summed E-state index contributed by atoms with van der Waals surface area (Å²) >= 11 is 5.92. The summed E-state index contributed by atoms with van der Waals surface area (Å²) in [4.78, 5) is 23.3. The third kappa shape index (κ3) is 5.42. The first-order chi connectivity index (χ1) is 10.9. The van der Waals surface area contributed by atoms with Crippen LogP contribution in [0.5, 0.6) is 0 Å². The molecule has 2 aromatic carbocycles. The molecule has 4 nitrogen and oxygen atoms in total. The third-order valence-electron chi connectivity index (χ3n) is 3.34. The van der Waals surface area contributed by atoms with E-state index in [0.717, 1.165) is 11.1 Å². The Bertz CT molecular complexity index is 716. The minimum atomic E-state index is -0.157. The first-order valence-corrected chi connectivity index (χ1v) is 7.73. The van der Waals surface area contributed by atoms with Crippen LogP contribution in [0, 0.1) is 0 Å². The molecule has 2 N–H and O–H groups in total. The highest BCUT2D eigenvalue weighted by Crippen LogP contribution is 2.18. The topological polar surface area (TPSA) is 58.2 Å². The Hall–Kier alpha value is -2.33. The molecule has 2 aromatic rings. The van der Waals surface area contributed by atoms with Crippen molar-refractivity contribution in [2.24, 2.45) is 0 Å². The van der Waals surface area contributed by atoms with Crippen molar-refractivity contribution in [2.45, 2.75) is 26.3 Å². The molecular formula is C18H19ClN2O2. The number of hydrogen-bond donors (Lipinski definition) is 2. The van der Waals surface area contributed by atoms with E-state index in [2.05, 4.69) is 10.6 Å². The average Bonchev–Trinajstić information content (AvgIpc) is 2.46. The van der Waals surface area contributed by atoms with Gasteiger partial charge < -0.3 is 10.6 Å². The standard InChI is InChI=1S/C18H19ClN2O2/c1-12(15-6-4-8-17(11-15)21-13(2)22)20-18(23)10-14-5-3-7-16(19)9-14/h3-9,11-12H,10H2,1-2H3,(H,20,23)(H,21,22). The van der Waals surface area contributed by atoms with Crippen LogP contribution in [0.4, 0.5) is 5.69 Å². The van der Waals surface area contributed by atoms with E-state index in [1.165, 1.54) is 6.92 Å². The zero-order valence-corrected chi connectivity index (χ0v) is 13.9. The van der Waals surface area contributed by atoms with Gasteiger partial charge in [0.1, 0.15) is 0 Å². The summed E-state index contributed by atoms with van der Waals surface area (Å²) < 4.78 is 0. The molecule has 0 aliphatic heterocycles. The summed E-state index contributed by atoms with van der Waals surface area (Å²) in [6.07, 6.45) is 0.274. The van der Waals surface area contributed by atoms with E-state index in [1.54, 1.807) is 12.1 Å². The maximum absolute atomic E-state index is 12.1. The molecule has 0 spiro atoms. The van der Waals surface area contributed by atoms with E-state index < -0.39 is 0 Å². The number of anilines is 1. The summed E-state index contributed by atoms with van der Waals surface area (Å²) in [5, 5.41) is 6.30. The Morgan fingerprint density at radius 2 is 1.87 bits per heavy atom. The molecule has 1 unspecified atom stereocenters. The fourth-order valence-corrected chi connectivity index (χ4v) is 2.51. The van der Waals surface area contributed by atoms with Gasteiger partial charge >= 0.3 is 0 Å². The summed E-state index contributed by atoms with van der Waals surface area (Å²) in [7, 11) is 0. The lowest BCUT2D eigenvalue weighted by Gasteiger charge is -2.15. The van der Waals surface area contributed by atoms with Gasteiger partial charge in [0.15, 0.2) is 0 Å². The van der Waals surface area contributed by atoms with Gasteiger partial charge in [0.05, 0.1) is 12.5 Å². The summed E-state index contributed by atoms with van der Waals surface area (Å²) in [6, 6.07) is 14.5. The van der Waals surface area contributed by atoms with Crippen molar-refractivity contribution in [3.05, 3.63) is 64.7 Å². The summed E-state index contributed by atoms with van der Waals surface area (Å²) in [5.41, 5.74) is 2.51. The van der Waals surface area contributed by atoms with Crippen LogP contribution in [0.15, 0.2) is 48.5 Å².